The Balaban J connectivity index is 1.66. The van der Waals surface area contributed by atoms with Crippen molar-refractivity contribution < 1.29 is 23.1 Å². The number of carboxylic acid groups (broad SMARTS) is 1. The van der Waals surface area contributed by atoms with Crippen LogP contribution in [0, 0.1) is 0 Å². The van der Waals surface area contributed by atoms with Crippen molar-refractivity contribution in [2.24, 2.45) is 0 Å². The summed E-state index contributed by atoms with van der Waals surface area (Å²) in [7, 11) is 0. The second-order valence-corrected chi connectivity index (χ2v) is 6.09. The van der Waals surface area contributed by atoms with Crippen molar-refractivity contribution in [3.05, 3.63) is 29.3 Å². The molecule has 0 unspecified atom stereocenters. The molecule has 0 saturated carbocycles. The van der Waals surface area contributed by atoms with Crippen LogP contribution in [-0.2, 0) is 6.18 Å². The number of hydrogen-bond donors (Lipinski definition) is 2. The van der Waals surface area contributed by atoms with Gasteiger partial charge in [0.15, 0.2) is 0 Å². The zero-order valence-corrected chi connectivity index (χ0v) is 14.0. The molecule has 1 aliphatic heterocycles. The number of amides is 1. The molecule has 0 aliphatic carbocycles. The lowest BCUT2D eigenvalue weighted by Gasteiger charge is -2.29. The highest BCUT2D eigenvalue weighted by Crippen LogP contribution is 2.33. The Morgan fingerprint density at radius 3 is 2.58 bits per heavy atom. The minimum atomic E-state index is -4.62. The fourth-order valence-corrected chi connectivity index (χ4v) is 2.90. The standard InChI is InChI=1S/C14H14ClF3N6O2/c15-11-10(14(16,17)18)6-19-12(22-11)21-8-5-20-24(7-8)9-1-3-23(4-2-9)13(25)26/h5-7,9H,1-4H2,(H,25,26)(H,19,21,22). The van der Waals surface area contributed by atoms with E-state index in [4.69, 9.17) is 16.7 Å². The Morgan fingerprint density at radius 1 is 1.31 bits per heavy atom. The molecular weight excluding hydrogens is 377 g/mol. The molecule has 2 aromatic rings. The van der Waals surface area contributed by atoms with E-state index < -0.39 is 23.0 Å². The van der Waals surface area contributed by atoms with Crippen LogP contribution < -0.4 is 5.32 Å². The third-order valence-corrected chi connectivity index (χ3v) is 4.30. The SMILES string of the molecule is O=C(O)N1CCC(n2cc(Nc3ncc(C(F)(F)F)c(Cl)n3)cn2)CC1. The number of hydrogen-bond acceptors (Lipinski definition) is 5. The first-order valence-corrected chi connectivity index (χ1v) is 8.00. The first-order chi connectivity index (χ1) is 12.2. The number of likely N-dealkylation sites (tertiary alicyclic amines) is 1. The molecule has 1 amide bonds. The molecule has 1 saturated heterocycles. The van der Waals surface area contributed by atoms with Crippen molar-refractivity contribution in [3.8, 4) is 0 Å². The summed E-state index contributed by atoms with van der Waals surface area (Å²) in [6.07, 6.45) is -0.557. The summed E-state index contributed by atoms with van der Waals surface area (Å²) in [4.78, 5) is 19.5. The minimum absolute atomic E-state index is 0.0401. The maximum Gasteiger partial charge on any atom is 0.420 e. The third kappa shape index (κ3) is 3.98. The monoisotopic (exact) mass is 390 g/mol. The number of nitrogens with one attached hydrogen (secondary N) is 1. The van der Waals surface area contributed by atoms with Gasteiger partial charge in [0.1, 0.15) is 10.7 Å². The highest BCUT2D eigenvalue weighted by molar-refractivity contribution is 6.30. The number of alkyl halides is 3. The third-order valence-electron chi connectivity index (χ3n) is 4.01. The van der Waals surface area contributed by atoms with Gasteiger partial charge in [-0.05, 0) is 12.8 Å². The van der Waals surface area contributed by atoms with Crippen molar-refractivity contribution in [3.63, 3.8) is 0 Å². The van der Waals surface area contributed by atoms with Gasteiger partial charge >= 0.3 is 12.3 Å². The molecule has 3 rings (SSSR count). The van der Waals surface area contributed by atoms with E-state index in [9.17, 15) is 18.0 Å². The largest absolute Gasteiger partial charge is 0.465 e. The molecule has 3 heterocycles. The molecule has 1 aliphatic rings. The van der Waals surface area contributed by atoms with Crippen LogP contribution in [0.1, 0.15) is 24.4 Å². The van der Waals surface area contributed by atoms with Gasteiger partial charge in [-0.1, -0.05) is 11.6 Å². The molecule has 140 valence electrons. The summed E-state index contributed by atoms with van der Waals surface area (Å²) in [5.41, 5.74) is -0.618. The van der Waals surface area contributed by atoms with Gasteiger partial charge in [0, 0.05) is 25.5 Å². The van der Waals surface area contributed by atoms with Crippen LogP contribution in [0.2, 0.25) is 5.15 Å². The van der Waals surface area contributed by atoms with E-state index in [1.807, 2.05) is 0 Å². The number of rotatable bonds is 3. The predicted molar refractivity (Wildman–Crippen MR) is 85.4 cm³/mol. The van der Waals surface area contributed by atoms with Crippen LogP contribution in [0.4, 0.5) is 29.6 Å². The predicted octanol–water partition coefficient (Wildman–Crippen LogP) is 3.40. The smallest absolute Gasteiger partial charge is 0.420 e. The Kier molecular flexibility index (Phi) is 4.90. The average Bonchev–Trinajstić information content (AvgIpc) is 3.02. The van der Waals surface area contributed by atoms with E-state index in [2.05, 4.69) is 20.4 Å². The number of halogens is 4. The molecule has 8 nitrogen and oxygen atoms in total. The van der Waals surface area contributed by atoms with E-state index in [1.165, 1.54) is 11.1 Å². The molecule has 12 heteroatoms. The Hall–Kier alpha value is -2.56. The van der Waals surface area contributed by atoms with Crippen LogP contribution in [0.3, 0.4) is 0 Å². The minimum Gasteiger partial charge on any atom is -0.465 e. The number of aromatic nitrogens is 4. The normalized spacial score (nSPS) is 15.9. The lowest BCUT2D eigenvalue weighted by molar-refractivity contribution is -0.137. The number of piperidine rings is 1. The summed E-state index contributed by atoms with van der Waals surface area (Å²) in [6.45, 7) is 0.834. The highest BCUT2D eigenvalue weighted by Gasteiger charge is 2.34. The topological polar surface area (TPSA) is 96.2 Å². The summed E-state index contributed by atoms with van der Waals surface area (Å²) in [6, 6.07) is 0.0401. The van der Waals surface area contributed by atoms with Crippen molar-refractivity contribution >= 4 is 29.3 Å². The van der Waals surface area contributed by atoms with Gasteiger partial charge in [-0.25, -0.2) is 14.8 Å². The molecule has 2 aromatic heterocycles. The Labute approximate surface area is 150 Å². The lowest BCUT2D eigenvalue weighted by Crippen LogP contribution is -2.38. The highest BCUT2D eigenvalue weighted by atomic mass is 35.5. The zero-order chi connectivity index (χ0) is 18.9. The average molecular weight is 391 g/mol. The van der Waals surface area contributed by atoms with E-state index in [0.29, 0.717) is 37.8 Å². The molecule has 1 fully saturated rings. The number of anilines is 2. The van der Waals surface area contributed by atoms with E-state index >= 15 is 0 Å². The first kappa shape index (κ1) is 18.2. The van der Waals surface area contributed by atoms with E-state index in [-0.39, 0.29) is 12.0 Å². The molecule has 26 heavy (non-hydrogen) atoms. The van der Waals surface area contributed by atoms with E-state index in [0.717, 1.165) is 0 Å². The molecule has 0 radical (unpaired) electrons. The summed E-state index contributed by atoms with van der Waals surface area (Å²) >= 11 is 5.56. The van der Waals surface area contributed by atoms with Gasteiger partial charge in [0.25, 0.3) is 0 Å². The van der Waals surface area contributed by atoms with Gasteiger partial charge in [-0.15, -0.1) is 0 Å². The van der Waals surface area contributed by atoms with Crippen molar-refractivity contribution in [1.82, 2.24) is 24.6 Å². The summed E-state index contributed by atoms with van der Waals surface area (Å²) < 4.78 is 39.7. The van der Waals surface area contributed by atoms with Crippen molar-refractivity contribution in [2.45, 2.75) is 25.1 Å². The quantitative estimate of drug-likeness (QED) is 0.780. The molecule has 0 spiro atoms. The van der Waals surface area contributed by atoms with Crippen LogP contribution in [0.25, 0.3) is 0 Å². The Morgan fingerprint density at radius 2 is 2.00 bits per heavy atom. The Bertz CT molecular complexity index is 804. The number of carbonyl (C=O) groups is 1. The molecular formula is C14H14ClF3N6O2. The van der Waals surface area contributed by atoms with Crippen LogP contribution in [0.15, 0.2) is 18.6 Å². The second kappa shape index (κ2) is 6.98. The summed E-state index contributed by atoms with van der Waals surface area (Å²) in [5.74, 6) is -0.0803. The fraction of sp³-hybridized carbons (Fsp3) is 0.429. The molecule has 0 aromatic carbocycles. The number of nitrogens with zero attached hydrogens (tertiary/aromatic N) is 5. The second-order valence-electron chi connectivity index (χ2n) is 5.73. The first-order valence-electron chi connectivity index (χ1n) is 7.63. The molecule has 0 atom stereocenters. The zero-order valence-electron chi connectivity index (χ0n) is 13.2. The van der Waals surface area contributed by atoms with Gasteiger partial charge in [-0.2, -0.15) is 18.3 Å². The maximum atomic E-state index is 12.7. The van der Waals surface area contributed by atoms with Crippen molar-refractivity contribution in [1.29, 1.82) is 0 Å². The van der Waals surface area contributed by atoms with Gasteiger partial charge < -0.3 is 15.3 Å². The van der Waals surface area contributed by atoms with Crippen LogP contribution in [-0.4, -0.2) is 48.9 Å². The maximum absolute atomic E-state index is 12.7. The van der Waals surface area contributed by atoms with Gasteiger partial charge in [0.05, 0.1) is 17.9 Å². The van der Waals surface area contributed by atoms with Gasteiger partial charge in [0.2, 0.25) is 5.95 Å². The molecule has 0 bridgehead atoms. The van der Waals surface area contributed by atoms with Crippen LogP contribution in [0.5, 0.6) is 0 Å². The lowest BCUT2D eigenvalue weighted by atomic mass is 10.1. The molecule has 2 N–H and O–H groups in total. The van der Waals surface area contributed by atoms with Crippen LogP contribution >= 0.6 is 11.6 Å². The van der Waals surface area contributed by atoms with E-state index in [1.54, 1.807) is 10.9 Å². The van der Waals surface area contributed by atoms with Gasteiger partial charge in [-0.3, -0.25) is 4.68 Å². The summed E-state index contributed by atoms with van der Waals surface area (Å²) in [5, 5.41) is 15.2. The fourth-order valence-electron chi connectivity index (χ4n) is 2.66. The van der Waals surface area contributed by atoms with Crippen molar-refractivity contribution in [2.75, 3.05) is 18.4 Å².